The van der Waals surface area contributed by atoms with E-state index in [1.807, 2.05) is 30.3 Å². The molecule has 0 aromatic heterocycles. The Labute approximate surface area is 158 Å². The Balaban J connectivity index is 2.11. The number of halogens is 1. The lowest BCUT2D eigenvalue weighted by Crippen LogP contribution is -2.29. The number of para-hydroxylation sites is 1. The summed E-state index contributed by atoms with van der Waals surface area (Å²) < 4.78 is 0. The molecule has 0 unspecified atom stereocenters. The maximum atomic E-state index is 12.0. The van der Waals surface area contributed by atoms with E-state index in [2.05, 4.69) is 16.4 Å². The zero-order chi connectivity index (χ0) is 18.5. The van der Waals surface area contributed by atoms with E-state index in [1.165, 1.54) is 18.4 Å². The van der Waals surface area contributed by atoms with Gasteiger partial charge in [0.25, 0.3) is 0 Å². The molecule has 26 heavy (non-hydrogen) atoms. The molecule has 0 atom stereocenters. The third-order valence-corrected chi connectivity index (χ3v) is 4.75. The first kappa shape index (κ1) is 18.4. The molecule has 136 valence electrons. The van der Waals surface area contributed by atoms with Crippen LogP contribution < -0.4 is 10.2 Å². The first-order chi connectivity index (χ1) is 12.7. The van der Waals surface area contributed by atoms with Gasteiger partial charge in [0.05, 0.1) is 23.0 Å². The number of aliphatic hydroxyl groups excluding tert-OH is 1. The average Bonchev–Trinajstić information content (AvgIpc) is 3.50. The number of hydrogen-bond donors (Lipinski definition) is 2. The molecule has 3 rings (SSSR count). The number of aliphatic imine (C=N–C) groups is 1. The van der Waals surface area contributed by atoms with Gasteiger partial charge in [-0.3, -0.25) is 14.7 Å². The van der Waals surface area contributed by atoms with Crippen molar-refractivity contribution in [2.24, 2.45) is 4.99 Å². The van der Waals surface area contributed by atoms with Crippen molar-refractivity contribution in [1.29, 1.82) is 0 Å². The number of amides is 1. The van der Waals surface area contributed by atoms with Crippen LogP contribution in [0.1, 0.15) is 29.9 Å². The van der Waals surface area contributed by atoms with Crippen LogP contribution in [0.4, 0.5) is 11.4 Å². The lowest BCUT2D eigenvalue weighted by Gasteiger charge is -2.24. The van der Waals surface area contributed by atoms with Crippen molar-refractivity contribution in [2.75, 3.05) is 25.1 Å². The first-order valence-corrected chi connectivity index (χ1v) is 9.02. The topological polar surface area (TPSA) is 64.9 Å². The fourth-order valence-electron chi connectivity index (χ4n) is 2.98. The fraction of sp³-hybridized carbons (Fsp3) is 0.300. The number of carbonyl (C=O) groups excluding carboxylic acids is 1. The number of hydrogen-bond acceptors (Lipinski definition) is 3. The summed E-state index contributed by atoms with van der Waals surface area (Å²) in [5.41, 5.74) is 3.34. The Bertz CT molecular complexity index is 818. The molecule has 0 aliphatic heterocycles. The van der Waals surface area contributed by atoms with Crippen LogP contribution >= 0.6 is 11.6 Å². The van der Waals surface area contributed by atoms with Crippen LogP contribution in [0.3, 0.4) is 0 Å². The summed E-state index contributed by atoms with van der Waals surface area (Å²) in [6.07, 6.45) is 3.11. The molecular formula is C20H22ClN3O2. The molecule has 5 nitrogen and oxygen atoms in total. The lowest BCUT2D eigenvalue weighted by atomic mass is 10.0. The van der Waals surface area contributed by atoms with Gasteiger partial charge in [-0.15, -0.1) is 0 Å². The Morgan fingerprint density at radius 1 is 1.31 bits per heavy atom. The smallest absolute Gasteiger partial charge is 0.218 e. The number of aliphatic hydroxyl groups is 1. The minimum absolute atomic E-state index is 0.00355. The number of rotatable bonds is 7. The summed E-state index contributed by atoms with van der Waals surface area (Å²) in [7, 11) is 1.68. The molecule has 2 N–H and O–H groups in total. The summed E-state index contributed by atoms with van der Waals surface area (Å²) >= 11 is 6.33. The summed E-state index contributed by atoms with van der Waals surface area (Å²) in [6, 6.07) is 13.3. The maximum Gasteiger partial charge on any atom is 0.218 e. The first-order valence-electron chi connectivity index (χ1n) is 8.64. The van der Waals surface area contributed by atoms with E-state index in [9.17, 15) is 4.79 Å². The van der Waals surface area contributed by atoms with Gasteiger partial charge in [-0.05, 0) is 48.6 Å². The molecule has 1 aliphatic carbocycles. The highest BCUT2D eigenvalue weighted by molar-refractivity contribution is 6.34. The molecule has 2 aromatic carbocycles. The number of nitrogens with one attached hydrogen (secondary N) is 1. The number of anilines is 2. The molecule has 0 bridgehead atoms. The van der Waals surface area contributed by atoms with Gasteiger partial charge >= 0.3 is 0 Å². The maximum absolute atomic E-state index is 12.0. The molecule has 2 aromatic rings. The van der Waals surface area contributed by atoms with E-state index < -0.39 is 0 Å². The summed E-state index contributed by atoms with van der Waals surface area (Å²) in [4.78, 5) is 17.8. The van der Waals surface area contributed by atoms with E-state index >= 15 is 0 Å². The van der Waals surface area contributed by atoms with Crippen LogP contribution in [0, 0.1) is 0 Å². The van der Waals surface area contributed by atoms with Crippen molar-refractivity contribution in [2.45, 2.75) is 18.8 Å². The molecule has 0 spiro atoms. The van der Waals surface area contributed by atoms with E-state index in [0.717, 1.165) is 17.7 Å². The second kappa shape index (κ2) is 8.34. The molecule has 0 saturated heterocycles. The Hall–Kier alpha value is -2.37. The second-order valence-electron chi connectivity index (χ2n) is 6.20. The Morgan fingerprint density at radius 2 is 2.08 bits per heavy atom. The van der Waals surface area contributed by atoms with E-state index in [4.69, 9.17) is 16.7 Å². The van der Waals surface area contributed by atoms with Gasteiger partial charge in [-0.2, -0.15) is 0 Å². The quantitative estimate of drug-likeness (QED) is 0.445. The third kappa shape index (κ3) is 3.89. The van der Waals surface area contributed by atoms with Gasteiger partial charge < -0.3 is 10.4 Å². The van der Waals surface area contributed by atoms with Gasteiger partial charge in [-0.1, -0.05) is 29.8 Å². The highest BCUT2D eigenvalue weighted by Crippen LogP contribution is 2.43. The van der Waals surface area contributed by atoms with Crippen molar-refractivity contribution in [1.82, 2.24) is 5.32 Å². The number of carbonyl (C=O) groups is 1. The van der Waals surface area contributed by atoms with Crippen LogP contribution in [-0.2, 0) is 4.79 Å². The highest BCUT2D eigenvalue weighted by atomic mass is 35.5. The minimum Gasteiger partial charge on any atom is -0.395 e. The SMILES string of the molecule is CN=C(NCCO)c1ccc(C2CC2)cc1N(C=O)c1ccccc1Cl. The normalized spacial score (nSPS) is 14.2. The fourth-order valence-corrected chi connectivity index (χ4v) is 3.21. The van der Waals surface area contributed by atoms with Crippen LogP contribution in [0.2, 0.25) is 5.02 Å². The van der Waals surface area contributed by atoms with Gasteiger partial charge in [0, 0.05) is 19.2 Å². The predicted molar refractivity (Wildman–Crippen MR) is 106 cm³/mol. The molecule has 1 amide bonds. The van der Waals surface area contributed by atoms with E-state index in [-0.39, 0.29) is 6.61 Å². The van der Waals surface area contributed by atoms with E-state index in [0.29, 0.717) is 29.0 Å². The van der Waals surface area contributed by atoms with Crippen molar-refractivity contribution >= 4 is 35.2 Å². The predicted octanol–water partition coefficient (Wildman–Crippen LogP) is 3.47. The minimum atomic E-state index is -0.00355. The van der Waals surface area contributed by atoms with Crippen LogP contribution in [0.25, 0.3) is 0 Å². The van der Waals surface area contributed by atoms with Gasteiger partial charge in [0.2, 0.25) is 6.41 Å². The monoisotopic (exact) mass is 371 g/mol. The summed E-state index contributed by atoms with van der Waals surface area (Å²) in [5, 5.41) is 12.7. The highest BCUT2D eigenvalue weighted by Gasteiger charge is 2.26. The van der Waals surface area contributed by atoms with Crippen molar-refractivity contribution in [3.8, 4) is 0 Å². The molecule has 1 fully saturated rings. The largest absolute Gasteiger partial charge is 0.395 e. The molecular weight excluding hydrogens is 350 g/mol. The molecule has 0 heterocycles. The van der Waals surface area contributed by atoms with Crippen LogP contribution in [0.5, 0.6) is 0 Å². The average molecular weight is 372 g/mol. The van der Waals surface area contributed by atoms with Gasteiger partial charge in [0.1, 0.15) is 5.84 Å². The third-order valence-electron chi connectivity index (χ3n) is 4.43. The molecule has 0 radical (unpaired) electrons. The zero-order valence-electron chi connectivity index (χ0n) is 14.7. The van der Waals surface area contributed by atoms with Crippen LogP contribution in [-0.4, -0.2) is 37.6 Å². The molecule has 6 heteroatoms. The van der Waals surface area contributed by atoms with Crippen molar-refractivity contribution in [3.05, 3.63) is 58.6 Å². The van der Waals surface area contributed by atoms with Gasteiger partial charge in [0.15, 0.2) is 0 Å². The number of benzene rings is 2. The van der Waals surface area contributed by atoms with E-state index in [1.54, 1.807) is 18.0 Å². The molecule has 1 saturated carbocycles. The Morgan fingerprint density at radius 3 is 2.69 bits per heavy atom. The zero-order valence-corrected chi connectivity index (χ0v) is 15.4. The summed E-state index contributed by atoms with van der Waals surface area (Å²) in [6.45, 7) is 0.375. The van der Waals surface area contributed by atoms with Crippen molar-refractivity contribution in [3.63, 3.8) is 0 Å². The van der Waals surface area contributed by atoms with Gasteiger partial charge in [-0.25, -0.2) is 0 Å². The Kier molecular flexibility index (Phi) is 5.91. The molecule has 1 aliphatic rings. The number of nitrogens with zero attached hydrogens (tertiary/aromatic N) is 2. The summed E-state index contributed by atoms with van der Waals surface area (Å²) in [5.74, 6) is 1.17. The second-order valence-corrected chi connectivity index (χ2v) is 6.61. The lowest BCUT2D eigenvalue weighted by molar-refractivity contribution is -0.106. The van der Waals surface area contributed by atoms with Crippen molar-refractivity contribution < 1.29 is 9.90 Å². The number of amidine groups is 1. The standard InChI is InChI=1S/C20H22ClN3O2/c1-22-20(23-10-11-25)16-9-8-15(14-6-7-14)12-19(16)24(13-26)18-5-3-2-4-17(18)21/h2-5,8-9,12-14,25H,6-7,10-11H2,1H3,(H,22,23). The van der Waals surface area contributed by atoms with Crippen LogP contribution in [0.15, 0.2) is 47.5 Å².